The normalized spacial score (nSPS) is 13.6. The van der Waals surface area contributed by atoms with Crippen molar-refractivity contribution < 1.29 is 13.5 Å². The third kappa shape index (κ3) is 3.01. The molecule has 6 heteroatoms. The molecule has 102 valence electrons. The molecule has 0 saturated heterocycles. The van der Waals surface area contributed by atoms with Gasteiger partial charge in [-0.3, -0.25) is 0 Å². The van der Waals surface area contributed by atoms with Gasteiger partial charge in [0, 0.05) is 6.04 Å². The molecule has 1 atom stereocenters. The lowest BCUT2D eigenvalue weighted by molar-refractivity contribution is 0.254. The number of rotatable bonds is 5. The first-order valence-electron chi connectivity index (χ1n) is 5.82. The van der Waals surface area contributed by atoms with Gasteiger partial charge in [0.1, 0.15) is 4.90 Å². The van der Waals surface area contributed by atoms with E-state index in [1.165, 1.54) is 0 Å². The second-order valence-corrected chi connectivity index (χ2v) is 6.00. The highest BCUT2D eigenvalue weighted by molar-refractivity contribution is 7.89. The summed E-state index contributed by atoms with van der Waals surface area (Å²) in [6, 6.07) is 3.02. The van der Waals surface area contributed by atoms with Gasteiger partial charge in [-0.1, -0.05) is 19.1 Å². The molecule has 1 rings (SSSR count). The minimum absolute atomic E-state index is 0.106. The third-order valence-corrected chi connectivity index (χ3v) is 4.64. The summed E-state index contributed by atoms with van der Waals surface area (Å²) < 4.78 is 27.0. The van der Waals surface area contributed by atoms with Crippen molar-refractivity contribution in [2.24, 2.45) is 0 Å². The van der Waals surface area contributed by atoms with Gasteiger partial charge in [0.2, 0.25) is 10.0 Å². The highest BCUT2D eigenvalue weighted by atomic mass is 32.2. The molecule has 18 heavy (non-hydrogen) atoms. The van der Waals surface area contributed by atoms with Crippen molar-refractivity contribution in [1.29, 1.82) is 0 Å². The Morgan fingerprint density at radius 2 is 1.89 bits per heavy atom. The van der Waals surface area contributed by atoms with Crippen LogP contribution in [0.25, 0.3) is 0 Å². The second-order valence-electron chi connectivity index (χ2n) is 4.35. The number of nitrogen functional groups attached to an aromatic ring is 1. The van der Waals surface area contributed by atoms with E-state index in [2.05, 4.69) is 4.72 Å². The van der Waals surface area contributed by atoms with Crippen LogP contribution >= 0.6 is 0 Å². The minimum atomic E-state index is -3.70. The maximum Gasteiger partial charge on any atom is 0.243 e. The number of aryl methyl sites for hydroxylation is 2. The summed E-state index contributed by atoms with van der Waals surface area (Å²) in [5.74, 6) is 0. The molecule has 0 radical (unpaired) electrons. The number of nitrogens with one attached hydrogen (secondary N) is 1. The topological polar surface area (TPSA) is 92.4 Å². The van der Waals surface area contributed by atoms with Gasteiger partial charge < -0.3 is 10.8 Å². The summed E-state index contributed by atoms with van der Waals surface area (Å²) in [7, 11) is -3.70. The van der Waals surface area contributed by atoms with E-state index in [1.54, 1.807) is 32.9 Å². The summed E-state index contributed by atoms with van der Waals surface area (Å²) in [4.78, 5) is 0.106. The Morgan fingerprint density at radius 1 is 1.33 bits per heavy atom. The minimum Gasteiger partial charge on any atom is -0.397 e. The molecule has 5 nitrogen and oxygen atoms in total. The molecule has 0 bridgehead atoms. The standard InChI is InChI=1S/C12H20N2O3S/c1-4-10(7-15)14-18(16,17)12-9(3)6-5-8(2)11(12)13/h5-6,10,14-15H,4,7,13H2,1-3H3/t10-/m0/s1. The van der Waals surface area contributed by atoms with Crippen LogP contribution in [0.5, 0.6) is 0 Å². The molecule has 1 aromatic carbocycles. The summed E-state index contributed by atoms with van der Waals surface area (Å²) in [6.07, 6.45) is 0.514. The molecule has 0 aliphatic heterocycles. The predicted octanol–water partition coefficient (Wildman–Crippen LogP) is 0.935. The first kappa shape index (κ1) is 14.9. The fraction of sp³-hybridized carbons (Fsp3) is 0.500. The Labute approximate surface area is 108 Å². The summed E-state index contributed by atoms with van der Waals surface area (Å²) in [5.41, 5.74) is 7.42. The molecule has 0 heterocycles. The number of anilines is 1. The lowest BCUT2D eigenvalue weighted by atomic mass is 10.1. The van der Waals surface area contributed by atoms with Gasteiger partial charge in [0.05, 0.1) is 12.3 Å². The molecular weight excluding hydrogens is 252 g/mol. The average molecular weight is 272 g/mol. The Morgan fingerprint density at radius 3 is 2.39 bits per heavy atom. The molecule has 0 aromatic heterocycles. The Balaban J connectivity index is 3.25. The molecular formula is C12H20N2O3S. The van der Waals surface area contributed by atoms with Crippen LogP contribution in [-0.4, -0.2) is 26.2 Å². The van der Waals surface area contributed by atoms with Gasteiger partial charge in [0.25, 0.3) is 0 Å². The van der Waals surface area contributed by atoms with E-state index >= 15 is 0 Å². The monoisotopic (exact) mass is 272 g/mol. The molecule has 0 saturated carbocycles. The highest BCUT2D eigenvalue weighted by Gasteiger charge is 2.23. The van der Waals surface area contributed by atoms with Crippen LogP contribution < -0.4 is 10.5 Å². The maximum absolute atomic E-state index is 12.3. The number of aliphatic hydroxyl groups excluding tert-OH is 1. The van der Waals surface area contributed by atoms with E-state index in [1.807, 2.05) is 0 Å². The van der Waals surface area contributed by atoms with Crippen molar-refractivity contribution in [1.82, 2.24) is 4.72 Å². The fourth-order valence-corrected chi connectivity index (χ4v) is 3.43. The molecule has 4 N–H and O–H groups in total. The first-order chi connectivity index (χ1) is 8.33. The van der Waals surface area contributed by atoms with Gasteiger partial charge >= 0.3 is 0 Å². The molecule has 0 aliphatic carbocycles. The van der Waals surface area contributed by atoms with Crippen molar-refractivity contribution >= 4 is 15.7 Å². The number of hydrogen-bond acceptors (Lipinski definition) is 4. The van der Waals surface area contributed by atoms with Crippen LogP contribution in [0, 0.1) is 13.8 Å². The number of aliphatic hydroxyl groups is 1. The van der Waals surface area contributed by atoms with Gasteiger partial charge in [-0.25, -0.2) is 13.1 Å². The van der Waals surface area contributed by atoms with E-state index in [-0.39, 0.29) is 17.2 Å². The summed E-state index contributed by atoms with van der Waals surface area (Å²) in [6.45, 7) is 5.03. The smallest absolute Gasteiger partial charge is 0.243 e. The third-order valence-electron chi connectivity index (χ3n) is 2.91. The van der Waals surface area contributed by atoms with Crippen LogP contribution in [0.3, 0.4) is 0 Å². The van der Waals surface area contributed by atoms with Gasteiger partial charge in [0.15, 0.2) is 0 Å². The molecule has 0 spiro atoms. The van der Waals surface area contributed by atoms with Gasteiger partial charge in [-0.2, -0.15) is 0 Å². The lowest BCUT2D eigenvalue weighted by Crippen LogP contribution is -2.37. The first-order valence-corrected chi connectivity index (χ1v) is 7.30. The summed E-state index contributed by atoms with van der Waals surface area (Å²) in [5, 5.41) is 9.07. The van der Waals surface area contributed by atoms with Gasteiger partial charge in [-0.05, 0) is 31.4 Å². The predicted molar refractivity (Wildman–Crippen MR) is 71.8 cm³/mol. The van der Waals surface area contributed by atoms with Crippen molar-refractivity contribution in [3.63, 3.8) is 0 Å². The van der Waals surface area contributed by atoms with E-state index in [4.69, 9.17) is 10.8 Å². The van der Waals surface area contributed by atoms with Crippen LogP contribution in [0.1, 0.15) is 24.5 Å². The zero-order valence-electron chi connectivity index (χ0n) is 10.9. The van der Waals surface area contributed by atoms with Crippen molar-refractivity contribution in [3.8, 4) is 0 Å². The average Bonchev–Trinajstić information content (AvgIpc) is 2.31. The summed E-state index contributed by atoms with van der Waals surface area (Å²) >= 11 is 0. The van der Waals surface area contributed by atoms with E-state index < -0.39 is 16.1 Å². The van der Waals surface area contributed by atoms with E-state index in [9.17, 15) is 8.42 Å². The quantitative estimate of drug-likeness (QED) is 0.695. The van der Waals surface area contributed by atoms with Crippen molar-refractivity contribution in [3.05, 3.63) is 23.3 Å². The molecule has 0 aliphatic rings. The molecule has 0 unspecified atom stereocenters. The van der Waals surface area contributed by atoms with Crippen LogP contribution in [0.2, 0.25) is 0 Å². The zero-order chi connectivity index (χ0) is 13.9. The van der Waals surface area contributed by atoms with Crippen LogP contribution in [0.4, 0.5) is 5.69 Å². The maximum atomic E-state index is 12.3. The van der Waals surface area contributed by atoms with Gasteiger partial charge in [-0.15, -0.1) is 0 Å². The number of hydrogen-bond donors (Lipinski definition) is 3. The van der Waals surface area contributed by atoms with Crippen molar-refractivity contribution in [2.45, 2.75) is 38.1 Å². The Kier molecular flexibility index (Phi) is 4.72. The SMILES string of the molecule is CC[C@@H](CO)NS(=O)(=O)c1c(C)ccc(C)c1N. The van der Waals surface area contributed by atoms with Crippen LogP contribution in [-0.2, 0) is 10.0 Å². The Hall–Kier alpha value is -1.11. The number of sulfonamides is 1. The number of nitrogens with two attached hydrogens (primary N) is 1. The van der Waals surface area contributed by atoms with E-state index in [0.717, 1.165) is 5.56 Å². The second kappa shape index (κ2) is 5.69. The van der Waals surface area contributed by atoms with Crippen molar-refractivity contribution in [2.75, 3.05) is 12.3 Å². The zero-order valence-corrected chi connectivity index (χ0v) is 11.7. The Bertz CT molecular complexity index is 522. The molecule has 0 fully saturated rings. The molecule has 1 aromatic rings. The number of benzene rings is 1. The van der Waals surface area contributed by atoms with Crippen LogP contribution in [0.15, 0.2) is 17.0 Å². The molecule has 0 amide bonds. The van der Waals surface area contributed by atoms with E-state index in [0.29, 0.717) is 12.0 Å². The lowest BCUT2D eigenvalue weighted by Gasteiger charge is -2.17. The fourth-order valence-electron chi connectivity index (χ4n) is 1.69. The highest BCUT2D eigenvalue weighted by Crippen LogP contribution is 2.25. The largest absolute Gasteiger partial charge is 0.397 e.